The predicted molar refractivity (Wildman–Crippen MR) is 95.7 cm³/mol. The third-order valence-corrected chi connectivity index (χ3v) is 5.03. The van der Waals surface area contributed by atoms with Gasteiger partial charge in [-0.2, -0.15) is 0 Å². The summed E-state index contributed by atoms with van der Waals surface area (Å²) in [6, 6.07) is 0.132. The summed E-state index contributed by atoms with van der Waals surface area (Å²) in [6.07, 6.45) is 7.05. The first-order valence-electron chi connectivity index (χ1n) is 9.30. The van der Waals surface area contributed by atoms with Crippen LogP contribution < -0.4 is 15.8 Å². The molecule has 2 fully saturated rings. The Morgan fingerprint density at radius 2 is 2.08 bits per heavy atom. The molecule has 1 aliphatic carbocycles. The molecule has 1 N–H and O–H groups in total. The van der Waals surface area contributed by atoms with Crippen LogP contribution in [0.25, 0.3) is 0 Å². The van der Waals surface area contributed by atoms with Crippen molar-refractivity contribution < 1.29 is 9.53 Å². The van der Waals surface area contributed by atoms with Gasteiger partial charge in [-0.15, -0.1) is 0 Å². The number of hydrogen-bond acceptors (Lipinski definition) is 5. The molecule has 2 heterocycles. The number of piperidine rings is 1. The van der Waals surface area contributed by atoms with Crippen molar-refractivity contribution in [3.8, 4) is 0 Å². The van der Waals surface area contributed by atoms with E-state index in [1.807, 2.05) is 18.7 Å². The van der Waals surface area contributed by atoms with Crippen LogP contribution in [0, 0.1) is 5.92 Å². The van der Waals surface area contributed by atoms with Gasteiger partial charge >= 0.3 is 0 Å². The average molecular weight is 348 g/mol. The highest BCUT2D eigenvalue weighted by Crippen LogP contribution is 2.29. The molecule has 0 radical (unpaired) electrons. The second kappa shape index (κ2) is 7.99. The molecule has 0 bridgehead atoms. The highest BCUT2D eigenvalue weighted by atomic mass is 16.5. The maximum Gasteiger partial charge on any atom is 0.293 e. The SMILES string of the molecule is CCn1ccnc(N2CCC(NC(=O)[C@@H](C)OCC3CC3)CC2)c1=O. The number of nitrogens with zero attached hydrogens (tertiary/aromatic N) is 3. The van der Waals surface area contributed by atoms with Gasteiger partial charge in [0.1, 0.15) is 6.10 Å². The van der Waals surface area contributed by atoms with E-state index in [1.165, 1.54) is 12.8 Å². The Morgan fingerprint density at radius 3 is 2.72 bits per heavy atom. The van der Waals surface area contributed by atoms with Gasteiger partial charge < -0.3 is 19.5 Å². The van der Waals surface area contributed by atoms with Crippen molar-refractivity contribution >= 4 is 11.7 Å². The number of carbonyl (C=O) groups is 1. The molecule has 0 aromatic carbocycles. The third-order valence-electron chi connectivity index (χ3n) is 5.03. The summed E-state index contributed by atoms with van der Waals surface area (Å²) in [5.41, 5.74) is -0.0467. The van der Waals surface area contributed by atoms with E-state index >= 15 is 0 Å². The summed E-state index contributed by atoms with van der Waals surface area (Å²) in [4.78, 5) is 30.8. The van der Waals surface area contributed by atoms with Crippen LogP contribution in [0.3, 0.4) is 0 Å². The van der Waals surface area contributed by atoms with E-state index in [9.17, 15) is 9.59 Å². The molecule has 1 aliphatic heterocycles. The minimum atomic E-state index is -0.397. The number of hydrogen-bond donors (Lipinski definition) is 1. The quantitative estimate of drug-likeness (QED) is 0.800. The number of anilines is 1. The van der Waals surface area contributed by atoms with Gasteiger partial charge in [0.15, 0.2) is 5.82 Å². The molecule has 25 heavy (non-hydrogen) atoms. The highest BCUT2D eigenvalue weighted by molar-refractivity contribution is 5.80. The average Bonchev–Trinajstić information content (AvgIpc) is 3.45. The van der Waals surface area contributed by atoms with Crippen molar-refractivity contribution in [2.24, 2.45) is 5.92 Å². The molecular formula is C18H28N4O3. The van der Waals surface area contributed by atoms with Crippen molar-refractivity contribution in [3.05, 3.63) is 22.7 Å². The molecule has 1 atom stereocenters. The van der Waals surface area contributed by atoms with E-state index in [-0.39, 0.29) is 17.5 Å². The number of amides is 1. The van der Waals surface area contributed by atoms with Crippen LogP contribution in [0.2, 0.25) is 0 Å². The summed E-state index contributed by atoms with van der Waals surface area (Å²) in [6.45, 7) is 6.53. The number of aryl methyl sites for hydroxylation is 1. The number of aromatic nitrogens is 2. The summed E-state index contributed by atoms with van der Waals surface area (Å²) < 4.78 is 7.29. The monoisotopic (exact) mass is 348 g/mol. The van der Waals surface area contributed by atoms with Gasteiger partial charge in [-0.25, -0.2) is 4.98 Å². The van der Waals surface area contributed by atoms with E-state index in [4.69, 9.17) is 4.74 Å². The largest absolute Gasteiger partial charge is 0.368 e. The first kappa shape index (κ1) is 17.9. The van der Waals surface area contributed by atoms with Gasteiger partial charge in [-0.05, 0) is 45.4 Å². The third kappa shape index (κ3) is 4.60. The van der Waals surface area contributed by atoms with E-state index in [2.05, 4.69) is 10.3 Å². The van der Waals surface area contributed by atoms with Crippen molar-refractivity contribution in [2.45, 2.75) is 58.2 Å². The highest BCUT2D eigenvalue weighted by Gasteiger charge is 2.27. The van der Waals surface area contributed by atoms with E-state index in [0.29, 0.717) is 24.9 Å². The second-order valence-corrected chi connectivity index (χ2v) is 7.03. The van der Waals surface area contributed by atoms with Gasteiger partial charge in [0.25, 0.3) is 5.56 Å². The van der Waals surface area contributed by atoms with Crippen LogP contribution in [0.1, 0.15) is 39.5 Å². The summed E-state index contributed by atoms with van der Waals surface area (Å²) in [7, 11) is 0. The van der Waals surface area contributed by atoms with Crippen LogP contribution in [-0.4, -0.2) is 47.3 Å². The van der Waals surface area contributed by atoms with E-state index < -0.39 is 6.10 Å². The molecular weight excluding hydrogens is 320 g/mol. The summed E-state index contributed by atoms with van der Waals surface area (Å²) in [5, 5.41) is 3.08. The van der Waals surface area contributed by atoms with Crippen molar-refractivity contribution in [2.75, 3.05) is 24.6 Å². The molecule has 1 aromatic heterocycles. The van der Waals surface area contributed by atoms with Crippen LogP contribution in [0.15, 0.2) is 17.2 Å². The Labute approximate surface area is 148 Å². The van der Waals surface area contributed by atoms with Gasteiger partial charge in [0.05, 0.1) is 6.61 Å². The molecule has 0 spiro atoms. The molecule has 1 saturated heterocycles. The topological polar surface area (TPSA) is 76.5 Å². The van der Waals surface area contributed by atoms with Crippen LogP contribution >= 0.6 is 0 Å². The molecule has 1 amide bonds. The van der Waals surface area contributed by atoms with Crippen molar-refractivity contribution in [3.63, 3.8) is 0 Å². The fourth-order valence-corrected chi connectivity index (χ4v) is 3.10. The first-order valence-corrected chi connectivity index (χ1v) is 9.30. The molecule has 7 heteroatoms. The molecule has 3 rings (SSSR count). The lowest BCUT2D eigenvalue weighted by atomic mass is 10.0. The molecule has 2 aliphatic rings. The predicted octanol–water partition coefficient (Wildman–Crippen LogP) is 1.16. The zero-order valence-electron chi connectivity index (χ0n) is 15.1. The lowest BCUT2D eigenvalue weighted by Crippen LogP contribution is -2.48. The Bertz CT molecular complexity index is 648. The normalized spacial score (nSPS) is 19.7. The first-order chi connectivity index (χ1) is 12.1. The summed E-state index contributed by atoms with van der Waals surface area (Å²) in [5.74, 6) is 1.13. The zero-order chi connectivity index (χ0) is 17.8. The number of nitrogens with one attached hydrogen (secondary N) is 1. The number of ether oxygens (including phenoxy) is 1. The smallest absolute Gasteiger partial charge is 0.293 e. The maximum atomic E-state index is 12.4. The van der Waals surface area contributed by atoms with E-state index in [0.717, 1.165) is 25.9 Å². The molecule has 138 valence electrons. The Balaban J connectivity index is 1.48. The lowest BCUT2D eigenvalue weighted by Gasteiger charge is -2.33. The standard InChI is InChI=1S/C18H28N4O3/c1-3-21-11-8-19-16(18(21)24)22-9-6-15(7-10-22)20-17(23)13(2)25-12-14-4-5-14/h8,11,13-15H,3-7,9-10,12H2,1-2H3,(H,20,23)/t13-/m1/s1. The Hall–Kier alpha value is -1.89. The van der Waals surface area contributed by atoms with Crippen molar-refractivity contribution in [1.82, 2.24) is 14.9 Å². The van der Waals surface area contributed by atoms with E-state index in [1.54, 1.807) is 17.0 Å². The van der Waals surface area contributed by atoms with Gasteiger partial charge in [0, 0.05) is 38.1 Å². The van der Waals surface area contributed by atoms with Crippen LogP contribution in [0.4, 0.5) is 5.82 Å². The van der Waals surface area contributed by atoms with Crippen molar-refractivity contribution in [1.29, 1.82) is 0 Å². The number of carbonyl (C=O) groups excluding carboxylic acids is 1. The fourth-order valence-electron chi connectivity index (χ4n) is 3.10. The maximum absolute atomic E-state index is 12.4. The van der Waals surface area contributed by atoms with Gasteiger partial charge in [-0.1, -0.05) is 0 Å². The Morgan fingerprint density at radius 1 is 1.36 bits per heavy atom. The Kier molecular flexibility index (Phi) is 5.73. The summed E-state index contributed by atoms with van der Waals surface area (Å²) >= 11 is 0. The molecule has 1 aromatic rings. The zero-order valence-corrected chi connectivity index (χ0v) is 15.1. The lowest BCUT2D eigenvalue weighted by molar-refractivity contribution is -0.132. The molecule has 1 saturated carbocycles. The van der Waals surface area contributed by atoms with Gasteiger partial charge in [-0.3, -0.25) is 9.59 Å². The minimum absolute atomic E-state index is 0.0368. The molecule has 7 nitrogen and oxygen atoms in total. The van der Waals surface area contributed by atoms with Gasteiger partial charge in [0.2, 0.25) is 5.91 Å². The minimum Gasteiger partial charge on any atom is -0.368 e. The van der Waals surface area contributed by atoms with Crippen LogP contribution in [-0.2, 0) is 16.1 Å². The number of rotatable bonds is 7. The van der Waals surface area contributed by atoms with Crippen LogP contribution in [0.5, 0.6) is 0 Å². The molecule has 0 unspecified atom stereocenters. The fraction of sp³-hybridized carbons (Fsp3) is 0.722. The second-order valence-electron chi connectivity index (χ2n) is 7.03.